The molecule has 0 radical (unpaired) electrons. The molecule has 4 heteroatoms. The summed E-state index contributed by atoms with van der Waals surface area (Å²) in [4.78, 5) is 11.2. The monoisotopic (exact) mass is 279 g/mol. The molecule has 112 valence electrons. The van der Waals surface area contributed by atoms with E-state index in [9.17, 15) is 9.90 Å². The molecule has 0 saturated carbocycles. The third kappa shape index (κ3) is 5.31. The Morgan fingerprint density at radius 3 is 2.60 bits per heavy atom. The van der Waals surface area contributed by atoms with Crippen molar-refractivity contribution in [2.75, 3.05) is 13.7 Å². The van der Waals surface area contributed by atoms with Gasteiger partial charge in [-0.05, 0) is 39.3 Å². The molecule has 0 aliphatic carbocycles. The van der Waals surface area contributed by atoms with E-state index >= 15 is 0 Å². The number of hydrogen-bond acceptors (Lipinski definition) is 3. The van der Waals surface area contributed by atoms with E-state index in [0.717, 1.165) is 12.8 Å². The van der Waals surface area contributed by atoms with Gasteiger partial charge in [0.1, 0.15) is 5.54 Å². The van der Waals surface area contributed by atoms with Crippen LogP contribution < -0.4 is 5.32 Å². The van der Waals surface area contributed by atoms with Crippen molar-refractivity contribution in [1.82, 2.24) is 5.32 Å². The van der Waals surface area contributed by atoms with E-state index in [1.807, 2.05) is 25.1 Å². The summed E-state index contributed by atoms with van der Waals surface area (Å²) in [5.74, 6) is -0.847. The van der Waals surface area contributed by atoms with Crippen molar-refractivity contribution in [3.8, 4) is 0 Å². The molecule has 1 rings (SSSR count). The molecule has 0 heterocycles. The average molecular weight is 279 g/mol. The molecule has 4 nitrogen and oxygen atoms in total. The molecule has 2 unspecified atom stereocenters. The number of likely N-dealkylation sites (N-methyl/N-ethyl adjacent to an activating group) is 1. The first-order valence-corrected chi connectivity index (χ1v) is 7.06. The summed E-state index contributed by atoms with van der Waals surface area (Å²) < 4.78 is 5.71. The highest BCUT2D eigenvalue weighted by atomic mass is 16.5. The zero-order valence-electron chi connectivity index (χ0n) is 12.6. The van der Waals surface area contributed by atoms with Gasteiger partial charge in [-0.15, -0.1) is 0 Å². The molecule has 2 N–H and O–H groups in total. The van der Waals surface area contributed by atoms with Crippen LogP contribution in [0.25, 0.3) is 0 Å². The summed E-state index contributed by atoms with van der Waals surface area (Å²) in [6.45, 7) is 4.25. The molecule has 0 spiro atoms. The fourth-order valence-corrected chi connectivity index (χ4v) is 2.14. The van der Waals surface area contributed by atoms with Crippen molar-refractivity contribution in [3.63, 3.8) is 0 Å². The van der Waals surface area contributed by atoms with Crippen LogP contribution in [-0.2, 0) is 16.0 Å². The van der Waals surface area contributed by atoms with Gasteiger partial charge in [-0.2, -0.15) is 0 Å². The van der Waals surface area contributed by atoms with Crippen LogP contribution in [0.5, 0.6) is 0 Å². The Labute approximate surface area is 121 Å². The van der Waals surface area contributed by atoms with Gasteiger partial charge in [0.2, 0.25) is 0 Å². The Bertz CT molecular complexity index is 407. The van der Waals surface area contributed by atoms with E-state index < -0.39 is 11.5 Å². The van der Waals surface area contributed by atoms with Gasteiger partial charge < -0.3 is 15.2 Å². The predicted octanol–water partition coefficient (Wildman–Crippen LogP) is 2.48. The normalized spacial score (nSPS) is 15.6. The van der Waals surface area contributed by atoms with Crippen LogP contribution in [0.2, 0.25) is 0 Å². The molecule has 0 aliphatic heterocycles. The summed E-state index contributed by atoms with van der Waals surface area (Å²) in [7, 11) is 1.66. The minimum absolute atomic E-state index is 0.0840. The molecule has 0 saturated heterocycles. The molecule has 1 aromatic rings. The van der Waals surface area contributed by atoms with E-state index in [1.165, 1.54) is 5.56 Å². The minimum atomic E-state index is -0.932. The summed E-state index contributed by atoms with van der Waals surface area (Å²) in [6, 6.07) is 10.3. The fourth-order valence-electron chi connectivity index (χ4n) is 2.14. The SMILES string of the molecule is CNC(C)(CC(C)OCCCc1ccccc1)C(=O)O. The summed E-state index contributed by atoms with van der Waals surface area (Å²) in [6.07, 6.45) is 2.29. The van der Waals surface area contributed by atoms with Gasteiger partial charge in [0.25, 0.3) is 0 Å². The number of benzene rings is 1. The van der Waals surface area contributed by atoms with Crippen molar-refractivity contribution < 1.29 is 14.6 Å². The van der Waals surface area contributed by atoms with E-state index in [4.69, 9.17) is 4.74 Å². The van der Waals surface area contributed by atoms with Crippen LogP contribution in [0.3, 0.4) is 0 Å². The summed E-state index contributed by atoms with van der Waals surface area (Å²) >= 11 is 0. The number of carbonyl (C=O) groups is 1. The third-order valence-corrected chi connectivity index (χ3v) is 3.57. The smallest absolute Gasteiger partial charge is 0.323 e. The second-order valence-electron chi connectivity index (χ2n) is 5.36. The Kier molecular flexibility index (Phi) is 6.68. The quantitative estimate of drug-likeness (QED) is 0.682. The maximum atomic E-state index is 11.2. The van der Waals surface area contributed by atoms with Crippen molar-refractivity contribution >= 4 is 5.97 Å². The van der Waals surface area contributed by atoms with Crippen molar-refractivity contribution in [2.45, 2.75) is 44.8 Å². The zero-order chi connectivity index (χ0) is 15.0. The lowest BCUT2D eigenvalue weighted by Gasteiger charge is -2.27. The molecular formula is C16H25NO3. The number of carboxylic acids is 1. The maximum absolute atomic E-state index is 11.2. The van der Waals surface area contributed by atoms with Crippen molar-refractivity contribution in [2.24, 2.45) is 0 Å². The third-order valence-electron chi connectivity index (χ3n) is 3.57. The Morgan fingerprint density at radius 2 is 2.05 bits per heavy atom. The van der Waals surface area contributed by atoms with Gasteiger partial charge in [0, 0.05) is 13.0 Å². The Balaban J connectivity index is 2.26. The first-order chi connectivity index (χ1) is 9.48. The van der Waals surface area contributed by atoms with Crippen LogP contribution >= 0.6 is 0 Å². The average Bonchev–Trinajstić information content (AvgIpc) is 2.44. The van der Waals surface area contributed by atoms with Crippen molar-refractivity contribution in [1.29, 1.82) is 0 Å². The lowest BCUT2D eigenvalue weighted by atomic mass is 9.95. The van der Waals surface area contributed by atoms with Crippen LogP contribution in [0, 0.1) is 0 Å². The number of rotatable bonds is 9. The standard InChI is InChI=1S/C16H25NO3/c1-13(12-16(2,17-3)15(18)19)20-11-7-10-14-8-5-4-6-9-14/h4-6,8-9,13,17H,7,10-12H2,1-3H3,(H,18,19). The van der Waals surface area contributed by atoms with Crippen LogP contribution in [0.4, 0.5) is 0 Å². The minimum Gasteiger partial charge on any atom is -0.480 e. The number of ether oxygens (including phenoxy) is 1. The number of aliphatic carboxylic acids is 1. The lowest BCUT2D eigenvalue weighted by molar-refractivity contribution is -0.145. The van der Waals surface area contributed by atoms with Crippen LogP contribution in [0.1, 0.15) is 32.3 Å². The lowest BCUT2D eigenvalue weighted by Crippen LogP contribution is -2.49. The Morgan fingerprint density at radius 1 is 1.40 bits per heavy atom. The second-order valence-corrected chi connectivity index (χ2v) is 5.36. The summed E-state index contributed by atoms with van der Waals surface area (Å²) in [5, 5.41) is 12.0. The highest BCUT2D eigenvalue weighted by molar-refractivity contribution is 5.78. The molecule has 0 amide bonds. The first-order valence-electron chi connectivity index (χ1n) is 7.06. The largest absolute Gasteiger partial charge is 0.480 e. The molecule has 1 aromatic carbocycles. The van der Waals surface area contributed by atoms with Gasteiger partial charge in [-0.3, -0.25) is 4.79 Å². The maximum Gasteiger partial charge on any atom is 0.323 e. The van der Waals surface area contributed by atoms with E-state index in [-0.39, 0.29) is 6.10 Å². The van der Waals surface area contributed by atoms with Gasteiger partial charge in [0.05, 0.1) is 6.10 Å². The predicted molar refractivity (Wildman–Crippen MR) is 79.9 cm³/mol. The topological polar surface area (TPSA) is 58.6 Å². The highest BCUT2D eigenvalue weighted by Gasteiger charge is 2.33. The van der Waals surface area contributed by atoms with E-state index in [0.29, 0.717) is 13.0 Å². The van der Waals surface area contributed by atoms with Gasteiger partial charge in [-0.25, -0.2) is 0 Å². The van der Waals surface area contributed by atoms with Gasteiger partial charge in [-0.1, -0.05) is 30.3 Å². The molecule has 0 aliphatic rings. The van der Waals surface area contributed by atoms with E-state index in [2.05, 4.69) is 17.4 Å². The highest BCUT2D eigenvalue weighted by Crippen LogP contribution is 2.15. The molecular weight excluding hydrogens is 254 g/mol. The second kappa shape index (κ2) is 8.02. The molecule has 20 heavy (non-hydrogen) atoms. The first kappa shape index (κ1) is 16.7. The fraction of sp³-hybridized carbons (Fsp3) is 0.562. The van der Waals surface area contributed by atoms with Gasteiger partial charge >= 0.3 is 5.97 Å². The van der Waals surface area contributed by atoms with Crippen molar-refractivity contribution in [3.05, 3.63) is 35.9 Å². The van der Waals surface area contributed by atoms with Crippen LogP contribution in [-0.4, -0.2) is 36.4 Å². The van der Waals surface area contributed by atoms with Gasteiger partial charge in [0.15, 0.2) is 0 Å². The van der Waals surface area contributed by atoms with Crippen LogP contribution in [0.15, 0.2) is 30.3 Å². The molecule has 0 fully saturated rings. The number of carboxylic acid groups (broad SMARTS) is 1. The summed E-state index contributed by atoms with van der Waals surface area (Å²) in [5.41, 5.74) is 0.369. The number of nitrogens with one attached hydrogen (secondary N) is 1. The molecule has 2 atom stereocenters. The number of aryl methyl sites for hydroxylation is 1. The molecule has 0 aromatic heterocycles. The number of hydrogen-bond donors (Lipinski definition) is 2. The Hall–Kier alpha value is -1.39. The zero-order valence-corrected chi connectivity index (χ0v) is 12.6. The van der Waals surface area contributed by atoms with E-state index in [1.54, 1.807) is 14.0 Å². The molecule has 0 bridgehead atoms.